The lowest BCUT2D eigenvalue weighted by atomic mass is 9.74. The lowest BCUT2D eigenvalue weighted by Gasteiger charge is -2.32. The Labute approximate surface area is 402 Å². The molecule has 0 unspecified atom stereocenters. The van der Waals surface area contributed by atoms with Crippen molar-refractivity contribution in [3.63, 3.8) is 0 Å². The van der Waals surface area contributed by atoms with E-state index in [4.69, 9.17) is 0 Å². The first-order chi connectivity index (χ1) is 28.7. The average molecular weight is 909 g/mol. The molecule has 0 aliphatic rings. The van der Waals surface area contributed by atoms with Gasteiger partial charge in [0.1, 0.15) is 23.0 Å². The van der Waals surface area contributed by atoms with E-state index >= 15 is 0 Å². The summed E-state index contributed by atoms with van der Waals surface area (Å²) < 4.78 is 0. The topological polar surface area (TPSA) is 80.9 Å². The minimum absolute atomic E-state index is 0.0476. The number of phenols is 4. The summed E-state index contributed by atoms with van der Waals surface area (Å²) >= 11 is 1.76. The van der Waals surface area contributed by atoms with Gasteiger partial charge in [-0.15, -0.1) is 0 Å². The van der Waals surface area contributed by atoms with Crippen molar-refractivity contribution in [2.75, 3.05) is 0 Å². The van der Waals surface area contributed by atoms with E-state index in [1.807, 2.05) is 0 Å². The molecule has 4 aromatic carbocycles. The standard InChI is InChI=1S/C30H46O2S.C30H46O2/c1-17-21(15-19(27(3,4)5)25(31)23(17)29(9,10)11)33-22-16-20(28(6,7)8)26(32)24(18(22)2)30(12,13)14;1-18(21-14-19(27(2,3)4)16-23(25(21)31)29(8,9)10)22-15-20(28(5,6)7)17-24(26(22)32)30(11,12)13/h15-16,31-32H,1-14H3;14-18,31-32H,1-13H3. The Morgan fingerprint density at radius 1 is 0.338 bits per heavy atom. The summed E-state index contributed by atoms with van der Waals surface area (Å²) in [5, 5.41) is 45.4. The molecule has 0 aliphatic carbocycles. The third-order valence-electron chi connectivity index (χ3n) is 12.9. The lowest BCUT2D eigenvalue weighted by Crippen LogP contribution is -2.20. The van der Waals surface area contributed by atoms with E-state index in [1.165, 1.54) is 11.1 Å². The molecule has 0 aromatic heterocycles. The van der Waals surface area contributed by atoms with Crippen LogP contribution < -0.4 is 0 Å². The molecule has 65 heavy (non-hydrogen) atoms. The van der Waals surface area contributed by atoms with Crippen molar-refractivity contribution in [2.24, 2.45) is 0 Å². The molecule has 0 aliphatic heterocycles. The van der Waals surface area contributed by atoms with Crippen LogP contribution in [0.2, 0.25) is 0 Å². The van der Waals surface area contributed by atoms with Gasteiger partial charge < -0.3 is 20.4 Å². The van der Waals surface area contributed by atoms with Crippen molar-refractivity contribution in [2.45, 2.75) is 246 Å². The molecule has 362 valence electrons. The number of phenolic OH excluding ortho intramolecular Hbond substituents is 4. The van der Waals surface area contributed by atoms with Gasteiger partial charge in [-0.1, -0.05) is 209 Å². The third kappa shape index (κ3) is 12.5. The quantitative estimate of drug-likeness (QED) is 0.164. The van der Waals surface area contributed by atoms with E-state index in [1.54, 1.807) is 11.8 Å². The van der Waals surface area contributed by atoms with Crippen LogP contribution in [0.15, 0.2) is 46.2 Å². The van der Waals surface area contributed by atoms with Gasteiger partial charge in [0.05, 0.1) is 0 Å². The van der Waals surface area contributed by atoms with Gasteiger partial charge in [0.25, 0.3) is 0 Å². The average Bonchev–Trinajstić information content (AvgIpc) is 3.06. The fourth-order valence-electron chi connectivity index (χ4n) is 8.95. The Morgan fingerprint density at radius 3 is 0.800 bits per heavy atom. The molecule has 0 bridgehead atoms. The van der Waals surface area contributed by atoms with Crippen LogP contribution in [0.25, 0.3) is 0 Å². The molecule has 0 amide bonds. The fraction of sp³-hybridized carbons (Fsp3) is 0.600. The van der Waals surface area contributed by atoms with E-state index < -0.39 is 0 Å². The highest BCUT2D eigenvalue weighted by Gasteiger charge is 2.34. The van der Waals surface area contributed by atoms with Gasteiger partial charge in [-0.3, -0.25) is 0 Å². The zero-order valence-corrected chi connectivity index (χ0v) is 47.1. The van der Waals surface area contributed by atoms with Gasteiger partial charge in [-0.05, 0) is 103 Å². The first-order valence-electron chi connectivity index (χ1n) is 23.9. The Bertz CT molecular complexity index is 2210. The summed E-state index contributed by atoms with van der Waals surface area (Å²) in [6.07, 6.45) is 0. The molecular weight excluding hydrogens is 817 g/mol. The molecule has 0 fully saturated rings. The molecule has 0 saturated carbocycles. The maximum absolute atomic E-state index is 11.4. The van der Waals surface area contributed by atoms with Crippen LogP contribution in [0.3, 0.4) is 0 Å². The van der Waals surface area contributed by atoms with Crippen molar-refractivity contribution in [3.8, 4) is 23.0 Å². The van der Waals surface area contributed by atoms with Crippen LogP contribution >= 0.6 is 11.8 Å². The van der Waals surface area contributed by atoms with E-state index in [9.17, 15) is 20.4 Å². The molecule has 4 N–H and O–H groups in total. The molecule has 0 saturated heterocycles. The molecule has 0 spiro atoms. The Morgan fingerprint density at radius 2 is 0.585 bits per heavy atom. The van der Waals surface area contributed by atoms with Crippen LogP contribution in [0.4, 0.5) is 0 Å². The zero-order valence-electron chi connectivity index (χ0n) is 46.2. The van der Waals surface area contributed by atoms with Crippen molar-refractivity contribution in [1.82, 2.24) is 0 Å². The second-order valence-electron chi connectivity index (χ2n) is 27.3. The SMILES string of the molecule is CC(c1cc(C(C)(C)C)cc(C(C)(C)C)c1O)c1cc(C(C)(C)C)cc(C(C)(C)C)c1O.Cc1c(Sc2cc(C(C)(C)C)c(O)c(C(C)(C)C)c2C)cc(C(C)(C)C)c(O)c1C(C)(C)C. The normalized spacial score (nSPS) is 13.6. The van der Waals surface area contributed by atoms with E-state index in [0.717, 1.165) is 65.4 Å². The summed E-state index contributed by atoms with van der Waals surface area (Å²) in [4.78, 5) is 2.33. The van der Waals surface area contributed by atoms with Crippen LogP contribution in [0, 0.1) is 13.8 Å². The third-order valence-corrected chi connectivity index (χ3v) is 14.2. The molecule has 0 atom stereocenters. The summed E-state index contributed by atoms with van der Waals surface area (Å²) in [5.41, 5.74) is 11.1. The van der Waals surface area contributed by atoms with Crippen LogP contribution in [-0.2, 0) is 43.3 Å². The van der Waals surface area contributed by atoms with Gasteiger partial charge in [0.2, 0.25) is 0 Å². The Balaban J connectivity index is 0.000000345. The van der Waals surface area contributed by atoms with Crippen molar-refractivity contribution in [1.29, 1.82) is 0 Å². The molecule has 0 heterocycles. The predicted octanol–water partition coefficient (Wildman–Crippen LogP) is 17.5. The summed E-state index contributed by atoms with van der Waals surface area (Å²) in [7, 11) is 0. The van der Waals surface area contributed by atoms with Crippen LogP contribution in [0.5, 0.6) is 23.0 Å². The maximum Gasteiger partial charge on any atom is 0.123 e. The van der Waals surface area contributed by atoms with Gasteiger partial charge in [-0.25, -0.2) is 0 Å². The summed E-state index contributed by atoms with van der Waals surface area (Å²) in [6, 6.07) is 12.9. The smallest absolute Gasteiger partial charge is 0.123 e. The highest BCUT2D eigenvalue weighted by atomic mass is 32.2. The van der Waals surface area contributed by atoms with E-state index in [0.29, 0.717) is 23.0 Å². The van der Waals surface area contributed by atoms with Gasteiger partial charge in [0, 0.05) is 49.1 Å². The number of hydrogen-bond acceptors (Lipinski definition) is 5. The number of aromatic hydroxyl groups is 4. The van der Waals surface area contributed by atoms with Gasteiger partial charge in [-0.2, -0.15) is 0 Å². The van der Waals surface area contributed by atoms with Gasteiger partial charge >= 0.3 is 0 Å². The Kier molecular flexibility index (Phi) is 15.6. The second kappa shape index (κ2) is 18.2. The largest absolute Gasteiger partial charge is 0.507 e. The van der Waals surface area contributed by atoms with E-state index in [2.05, 4.69) is 223 Å². The lowest BCUT2D eigenvalue weighted by molar-refractivity contribution is 0.420. The molecule has 4 aromatic rings. The Hall–Kier alpha value is -3.57. The van der Waals surface area contributed by atoms with Crippen LogP contribution in [-0.4, -0.2) is 20.4 Å². The number of benzene rings is 4. The van der Waals surface area contributed by atoms with Crippen LogP contribution in [0.1, 0.15) is 246 Å². The zero-order chi connectivity index (χ0) is 50.9. The van der Waals surface area contributed by atoms with Crippen molar-refractivity contribution >= 4 is 11.8 Å². The minimum Gasteiger partial charge on any atom is -0.507 e. The minimum atomic E-state index is -0.189. The first kappa shape index (κ1) is 55.8. The predicted molar refractivity (Wildman–Crippen MR) is 283 cm³/mol. The summed E-state index contributed by atoms with van der Waals surface area (Å²) in [5.74, 6) is 1.38. The van der Waals surface area contributed by atoms with Gasteiger partial charge in [0.15, 0.2) is 0 Å². The number of hydrogen-bond donors (Lipinski definition) is 4. The van der Waals surface area contributed by atoms with Crippen molar-refractivity contribution in [3.05, 3.63) is 103 Å². The monoisotopic (exact) mass is 909 g/mol. The van der Waals surface area contributed by atoms with Crippen molar-refractivity contribution < 1.29 is 20.4 Å². The first-order valence-corrected chi connectivity index (χ1v) is 24.7. The molecule has 4 nitrogen and oxygen atoms in total. The molecule has 4 rings (SSSR count). The number of rotatable bonds is 4. The highest BCUT2D eigenvalue weighted by molar-refractivity contribution is 7.99. The fourth-order valence-corrected chi connectivity index (χ4v) is 10.0. The highest BCUT2D eigenvalue weighted by Crippen LogP contribution is 2.51. The molecule has 0 radical (unpaired) electrons. The second-order valence-corrected chi connectivity index (χ2v) is 28.4. The molecule has 5 heteroatoms. The maximum atomic E-state index is 11.4. The summed E-state index contributed by atoms with van der Waals surface area (Å²) in [6.45, 7) is 58.3. The van der Waals surface area contributed by atoms with E-state index in [-0.39, 0.29) is 49.2 Å². The molecular formula is C60H92O4S.